The Hall–Kier alpha value is -5.23. The molecule has 0 atom stereocenters. The van der Waals surface area contributed by atoms with Crippen molar-refractivity contribution in [1.82, 2.24) is 15.0 Å². The van der Waals surface area contributed by atoms with Gasteiger partial charge in [-0.1, -0.05) is 103 Å². The Kier molecular flexibility index (Phi) is 5.03. The van der Waals surface area contributed by atoms with E-state index in [0.29, 0.717) is 5.82 Å². The van der Waals surface area contributed by atoms with Crippen LogP contribution in [-0.4, -0.2) is 15.0 Å². The van der Waals surface area contributed by atoms with Gasteiger partial charge in [-0.3, -0.25) is 0 Å². The largest absolute Gasteiger partial charge is 0.244 e. The molecule has 0 amide bonds. The molecule has 0 fully saturated rings. The van der Waals surface area contributed by atoms with Gasteiger partial charge in [0, 0.05) is 41.4 Å². The first-order valence-electron chi connectivity index (χ1n) is 14.6. The monoisotopic (exact) mass is 595 g/mol. The Bertz CT molecular complexity index is 2720. The number of pyridine rings is 1. The molecular weight excluding hydrogens is 575 g/mol. The fourth-order valence-electron chi connectivity index (χ4n) is 6.73. The first-order chi connectivity index (χ1) is 21.8. The zero-order chi connectivity index (χ0) is 28.8. The van der Waals surface area contributed by atoms with Gasteiger partial charge in [-0.05, 0) is 45.8 Å². The molecule has 0 saturated carbocycles. The Morgan fingerprint density at radius 2 is 1.07 bits per heavy atom. The van der Waals surface area contributed by atoms with Crippen LogP contribution in [0.25, 0.3) is 96.1 Å². The SMILES string of the molecule is c1ccc(-c2nc(-c3cccc(-c4ccc5c6ccccc6c6cccc7sc4c5c76)n3)nc3c2sc2ccccc23)cc1. The van der Waals surface area contributed by atoms with E-state index >= 15 is 0 Å². The molecule has 0 saturated heterocycles. The van der Waals surface area contributed by atoms with Crippen LogP contribution in [0.2, 0.25) is 0 Å². The van der Waals surface area contributed by atoms with Crippen LogP contribution in [-0.2, 0) is 0 Å². The Labute approximate surface area is 260 Å². The minimum atomic E-state index is 0.642. The van der Waals surface area contributed by atoms with Crippen molar-refractivity contribution < 1.29 is 0 Å². The van der Waals surface area contributed by atoms with Crippen molar-refractivity contribution in [1.29, 1.82) is 0 Å². The van der Waals surface area contributed by atoms with Crippen LogP contribution in [0, 0.1) is 0 Å². The molecule has 0 unspecified atom stereocenters. The first kappa shape index (κ1) is 24.2. The number of rotatable bonds is 3. The Morgan fingerprint density at radius 1 is 0.409 bits per heavy atom. The van der Waals surface area contributed by atoms with Gasteiger partial charge < -0.3 is 0 Å². The number of thiophene rings is 2. The van der Waals surface area contributed by atoms with Crippen LogP contribution in [0.15, 0.2) is 127 Å². The lowest BCUT2D eigenvalue weighted by Crippen LogP contribution is -1.96. The molecule has 10 aromatic rings. The second-order valence-corrected chi connectivity index (χ2v) is 13.2. The summed E-state index contributed by atoms with van der Waals surface area (Å²) in [4.78, 5) is 15.6. The number of aromatic nitrogens is 3. The highest BCUT2D eigenvalue weighted by atomic mass is 32.1. The van der Waals surface area contributed by atoms with Crippen LogP contribution < -0.4 is 0 Å². The summed E-state index contributed by atoms with van der Waals surface area (Å²) in [6.07, 6.45) is 0. The van der Waals surface area contributed by atoms with Crippen LogP contribution in [0.1, 0.15) is 0 Å². The van der Waals surface area contributed by atoms with E-state index in [2.05, 4.69) is 115 Å². The number of benzene rings is 6. The average molecular weight is 596 g/mol. The zero-order valence-corrected chi connectivity index (χ0v) is 24.9. The molecule has 10 rings (SSSR count). The predicted molar refractivity (Wildman–Crippen MR) is 188 cm³/mol. The summed E-state index contributed by atoms with van der Waals surface area (Å²) in [7, 11) is 0. The zero-order valence-electron chi connectivity index (χ0n) is 23.3. The van der Waals surface area contributed by atoms with Gasteiger partial charge >= 0.3 is 0 Å². The summed E-state index contributed by atoms with van der Waals surface area (Å²) < 4.78 is 4.89. The average Bonchev–Trinajstić information content (AvgIpc) is 3.67. The third-order valence-electron chi connectivity index (χ3n) is 8.67. The molecule has 0 N–H and O–H groups in total. The molecule has 0 bridgehead atoms. The van der Waals surface area contributed by atoms with Crippen molar-refractivity contribution in [3.63, 3.8) is 0 Å². The highest BCUT2D eigenvalue weighted by molar-refractivity contribution is 7.27. The second-order valence-electron chi connectivity index (χ2n) is 11.1. The Morgan fingerprint density at radius 3 is 1.93 bits per heavy atom. The van der Waals surface area contributed by atoms with Gasteiger partial charge in [-0.2, -0.15) is 0 Å². The molecule has 3 nitrogen and oxygen atoms in total. The molecular formula is C39H21N3S2. The standard InChI is InChI=1S/C39H21N3S2/c1-2-10-22(11-3-1)35-38-36(28-14-6-7-18-31(28)43-38)42-39(41-35)30-17-9-16-29(40-30)27-21-20-26-24-13-5-4-12-23(24)25-15-8-19-32-33(25)34(26)37(27)44-32/h1-21H. The van der Waals surface area contributed by atoms with Gasteiger partial charge in [0.15, 0.2) is 5.82 Å². The molecule has 44 heavy (non-hydrogen) atoms. The van der Waals surface area contributed by atoms with Crippen molar-refractivity contribution in [3.05, 3.63) is 127 Å². The van der Waals surface area contributed by atoms with E-state index in [1.165, 1.54) is 46.4 Å². The second kappa shape index (κ2) is 9.13. The normalized spacial score (nSPS) is 12.1. The van der Waals surface area contributed by atoms with Crippen molar-refractivity contribution in [2.75, 3.05) is 0 Å². The summed E-state index contributed by atoms with van der Waals surface area (Å²) in [5.41, 5.74) is 5.85. The van der Waals surface area contributed by atoms with Gasteiger partial charge in [0.05, 0.1) is 21.6 Å². The molecule has 5 heteroatoms. The lowest BCUT2D eigenvalue weighted by Gasteiger charge is -2.11. The number of hydrogen-bond donors (Lipinski definition) is 0. The number of nitrogens with zero attached hydrogens (tertiary/aromatic N) is 3. The summed E-state index contributed by atoms with van der Waals surface area (Å²) >= 11 is 3.61. The summed E-state index contributed by atoms with van der Waals surface area (Å²) in [6, 6.07) is 45.1. The van der Waals surface area contributed by atoms with Gasteiger partial charge in [0.2, 0.25) is 0 Å². The van der Waals surface area contributed by atoms with E-state index in [0.717, 1.165) is 43.8 Å². The smallest absolute Gasteiger partial charge is 0.179 e. The lowest BCUT2D eigenvalue weighted by atomic mass is 9.93. The fourth-order valence-corrected chi connectivity index (χ4v) is 9.16. The van der Waals surface area contributed by atoms with E-state index < -0.39 is 0 Å². The maximum atomic E-state index is 5.24. The molecule has 0 radical (unpaired) electrons. The summed E-state index contributed by atoms with van der Waals surface area (Å²) in [5, 5.41) is 9.04. The van der Waals surface area contributed by atoms with Crippen molar-refractivity contribution in [2.45, 2.75) is 0 Å². The molecule has 4 heterocycles. The van der Waals surface area contributed by atoms with Crippen LogP contribution in [0.3, 0.4) is 0 Å². The molecule has 4 aromatic heterocycles. The van der Waals surface area contributed by atoms with E-state index in [1.54, 1.807) is 11.3 Å². The van der Waals surface area contributed by atoms with E-state index in [9.17, 15) is 0 Å². The maximum absolute atomic E-state index is 5.24. The molecule has 0 aliphatic rings. The molecule has 6 aromatic carbocycles. The van der Waals surface area contributed by atoms with Crippen LogP contribution >= 0.6 is 22.7 Å². The third-order valence-corrected chi connectivity index (χ3v) is 11.0. The van der Waals surface area contributed by atoms with Crippen molar-refractivity contribution in [3.8, 4) is 34.0 Å². The van der Waals surface area contributed by atoms with Gasteiger partial charge in [0.1, 0.15) is 5.69 Å². The van der Waals surface area contributed by atoms with Crippen molar-refractivity contribution in [2.24, 2.45) is 0 Å². The lowest BCUT2D eigenvalue weighted by molar-refractivity contribution is 1.19. The quantitative estimate of drug-likeness (QED) is 0.191. The summed E-state index contributed by atoms with van der Waals surface area (Å²) in [5.74, 6) is 0.642. The summed E-state index contributed by atoms with van der Waals surface area (Å²) in [6.45, 7) is 0. The molecule has 204 valence electrons. The van der Waals surface area contributed by atoms with E-state index in [1.807, 2.05) is 23.5 Å². The number of hydrogen-bond acceptors (Lipinski definition) is 5. The van der Waals surface area contributed by atoms with Gasteiger partial charge in [-0.15, -0.1) is 22.7 Å². The molecule has 0 aliphatic carbocycles. The first-order valence-corrected chi connectivity index (χ1v) is 16.3. The van der Waals surface area contributed by atoms with E-state index in [-0.39, 0.29) is 0 Å². The minimum absolute atomic E-state index is 0.642. The third kappa shape index (κ3) is 3.39. The van der Waals surface area contributed by atoms with E-state index in [4.69, 9.17) is 15.0 Å². The highest BCUT2D eigenvalue weighted by Crippen LogP contribution is 2.48. The van der Waals surface area contributed by atoms with Crippen LogP contribution in [0.4, 0.5) is 0 Å². The van der Waals surface area contributed by atoms with Gasteiger partial charge in [-0.25, -0.2) is 15.0 Å². The highest BCUT2D eigenvalue weighted by Gasteiger charge is 2.20. The Balaban J connectivity index is 1.22. The van der Waals surface area contributed by atoms with Crippen molar-refractivity contribution >= 4 is 84.7 Å². The predicted octanol–water partition coefficient (Wildman–Crippen LogP) is 11.4. The maximum Gasteiger partial charge on any atom is 0.179 e. The number of fused-ring (bicyclic) bond motifs is 6. The fraction of sp³-hybridized carbons (Fsp3) is 0. The minimum Gasteiger partial charge on any atom is -0.244 e. The van der Waals surface area contributed by atoms with Gasteiger partial charge in [0.25, 0.3) is 0 Å². The van der Waals surface area contributed by atoms with Crippen LogP contribution in [0.5, 0.6) is 0 Å². The molecule has 0 spiro atoms. The topological polar surface area (TPSA) is 38.7 Å². The molecule has 0 aliphatic heterocycles.